The molecule has 5 heteroatoms. The summed E-state index contributed by atoms with van der Waals surface area (Å²) in [6, 6.07) is 1.20. The monoisotopic (exact) mass is 318 g/mol. The number of carbonyl (C=O) groups is 1. The molecule has 0 aromatic heterocycles. The van der Waals surface area contributed by atoms with Crippen molar-refractivity contribution in [1.29, 1.82) is 0 Å². The van der Waals surface area contributed by atoms with Crippen molar-refractivity contribution >= 4 is 21.9 Å². The molecule has 0 amide bonds. The number of methoxy groups -OCH3 is 1. The molecule has 2 rings (SSSR count). The molecule has 2 aliphatic rings. The first-order chi connectivity index (χ1) is 8.61. The second-order valence-electron chi connectivity index (χ2n) is 5.44. The molecule has 0 aromatic rings. The molecular weight excluding hydrogens is 296 g/mol. The van der Waals surface area contributed by atoms with Crippen LogP contribution in [-0.4, -0.2) is 66.0 Å². The van der Waals surface area contributed by atoms with Crippen LogP contribution >= 0.6 is 15.9 Å². The molecule has 0 aliphatic carbocycles. The van der Waals surface area contributed by atoms with Crippen LogP contribution in [0.25, 0.3) is 0 Å². The number of fused-ring (bicyclic) bond motifs is 1. The summed E-state index contributed by atoms with van der Waals surface area (Å²) in [7, 11) is 1.44. The van der Waals surface area contributed by atoms with Crippen LogP contribution in [-0.2, 0) is 9.53 Å². The topological polar surface area (TPSA) is 32.8 Å². The highest BCUT2D eigenvalue weighted by molar-refractivity contribution is 9.10. The van der Waals surface area contributed by atoms with Gasteiger partial charge in [-0.25, -0.2) is 0 Å². The zero-order chi connectivity index (χ0) is 13.1. The third-order valence-corrected chi connectivity index (χ3v) is 4.83. The van der Waals surface area contributed by atoms with Crippen LogP contribution in [0.3, 0.4) is 0 Å². The number of rotatable bonds is 3. The Balaban J connectivity index is 1.90. The zero-order valence-electron chi connectivity index (χ0n) is 11.3. The molecule has 0 saturated carbocycles. The molecule has 2 heterocycles. The molecular formula is C13H23BrN2O2. The fourth-order valence-corrected chi connectivity index (χ4v) is 3.63. The quantitative estimate of drug-likeness (QED) is 0.583. The lowest BCUT2D eigenvalue weighted by molar-refractivity contribution is -0.140. The van der Waals surface area contributed by atoms with E-state index in [-0.39, 0.29) is 10.8 Å². The Bertz CT molecular complexity index is 301. The van der Waals surface area contributed by atoms with Crippen molar-refractivity contribution in [2.75, 3.05) is 33.3 Å². The van der Waals surface area contributed by atoms with E-state index in [0.717, 1.165) is 19.6 Å². The molecule has 0 bridgehead atoms. The summed E-state index contributed by atoms with van der Waals surface area (Å²) in [4.78, 5) is 16.3. The summed E-state index contributed by atoms with van der Waals surface area (Å²) in [6.45, 7) is 6.46. The van der Waals surface area contributed by atoms with E-state index in [1.807, 2.05) is 0 Å². The standard InChI is InChI=1S/C13H23BrN2O2/c1-10-7-15-6-4-3-5-11(15)8-16(10)9-12(14)13(17)18-2/h10-12H,3-9H2,1-2H3. The minimum absolute atomic E-state index is 0.173. The van der Waals surface area contributed by atoms with Crippen LogP contribution in [0.1, 0.15) is 26.2 Å². The van der Waals surface area contributed by atoms with Crippen molar-refractivity contribution < 1.29 is 9.53 Å². The van der Waals surface area contributed by atoms with Crippen LogP contribution < -0.4 is 0 Å². The maximum atomic E-state index is 11.5. The van der Waals surface area contributed by atoms with Crippen molar-refractivity contribution in [3.63, 3.8) is 0 Å². The fraction of sp³-hybridized carbons (Fsp3) is 0.923. The van der Waals surface area contributed by atoms with Gasteiger partial charge in [-0.3, -0.25) is 14.6 Å². The molecule has 3 atom stereocenters. The van der Waals surface area contributed by atoms with Gasteiger partial charge in [-0.1, -0.05) is 22.4 Å². The van der Waals surface area contributed by atoms with E-state index in [0.29, 0.717) is 12.1 Å². The SMILES string of the molecule is COC(=O)C(Br)CN1CC2CCCCN2CC1C. The van der Waals surface area contributed by atoms with E-state index in [1.54, 1.807) is 0 Å². The van der Waals surface area contributed by atoms with E-state index in [4.69, 9.17) is 4.74 Å². The van der Waals surface area contributed by atoms with Crippen LogP contribution in [0.2, 0.25) is 0 Å². The minimum Gasteiger partial charge on any atom is -0.468 e. The highest BCUT2D eigenvalue weighted by Gasteiger charge is 2.34. The number of carbonyl (C=O) groups excluding carboxylic acids is 1. The summed E-state index contributed by atoms with van der Waals surface area (Å²) >= 11 is 3.42. The smallest absolute Gasteiger partial charge is 0.320 e. The van der Waals surface area contributed by atoms with Gasteiger partial charge in [0.2, 0.25) is 0 Å². The number of hydrogen-bond donors (Lipinski definition) is 0. The molecule has 104 valence electrons. The van der Waals surface area contributed by atoms with E-state index in [2.05, 4.69) is 32.7 Å². The van der Waals surface area contributed by atoms with Gasteiger partial charge in [0.25, 0.3) is 0 Å². The van der Waals surface area contributed by atoms with Crippen molar-refractivity contribution in [2.45, 2.75) is 43.1 Å². The number of alkyl halides is 1. The van der Waals surface area contributed by atoms with Crippen molar-refractivity contribution in [3.05, 3.63) is 0 Å². The summed E-state index contributed by atoms with van der Waals surface area (Å²) in [5, 5.41) is 0. The number of hydrogen-bond acceptors (Lipinski definition) is 4. The predicted octanol–water partition coefficient (Wildman–Crippen LogP) is 1.48. The second kappa shape index (κ2) is 6.35. The number of halogens is 1. The van der Waals surface area contributed by atoms with Gasteiger partial charge in [-0.2, -0.15) is 0 Å². The third kappa shape index (κ3) is 3.25. The Labute approximate surface area is 118 Å². The Morgan fingerprint density at radius 2 is 2.22 bits per heavy atom. The molecule has 4 nitrogen and oxygen atoms in total. The van der Waals surface area contributed by atoms with Gasteiger partial charge in [-0.15, -0.1) is 0 Å². The van der Waals surface area contributed by atoms with E-state index in [1.165, 1.54) is 32.9 Å². The van der Waals surface area contributed by atoms with Gasteiger partial charge >= 0.3 is 5.97 Å². The number of nitrogens with zero attached hydrogens (tertiary/aromatic N) is 2. The maximum absolute atomic E-state index is 11.5. The van der Waals surface area contributed by atoms with Crippen LogP contribution in [0.4, 0.5) is 0 Å². The Hall–Kier alpha value is -0.130. The summed E-state index contributed by atoms with van der Waals surface area (Å²) < 4.78 is 4.77. The third-order valence-electron chi connectivity index (χ3n) is 4.17. The number of piperidine rings is 1. The van der Waals surface area contributed by atoms with Crippen molar-refractivity contribution in [2.24, 2.45) is 0 Å². The fourth-order valence-electron chi connectivity index (χ4n) is 3.08. The number of esters is 1. The lowest BCUT2D eigenvalue weighted by atomic mass is 9.97. The lowest BCUT2D eigenvalue weighted by Crippen LogP contribution is -2.59. The first-order valence-electron chi connectivity index (χ1n) is 6.82. The lowest BCUT2D eigenvalue weighted by Gasteiger charge is -2.47. The maximum Gasteiger partial charge on any atom is 0.320 e. The zero-order valence-corrected chi connectivity index (χ0v) is 12.9. The minimum atomic E-state index is -0.208. The summed E-state index contributed by atoms with van der Waals surface area (Å²) in [5.41, 5.74) is 0. The molecule has 0 spiro atoms. The number of piperazine rings is 1. The molecule has 18 heavy (non-hydrogen) atoms. The first-order valence-corrected chi connectivity index (χ1v) is 7.73. The molecule has 0 N–H and O–H groups in total. The van der Waals surface area contributed by atoms with E-state index in [9.17, 15) is 4.79 Å². The average molecular weight is 319 g/mol. The Morgan fingerprint density at radius 3 is 2.94 bits per heavy atom. The summed E-state index contributed by atoms with van der Waals surface area (Å²) in [6.07, 6.45) is 3.99. The van der Waals surface area contributed by atoms with E-state index >= 15 is 0 Å². The van der Waals surface area contributed by atoms with Crippen molar-refractivity contribution in [1.82, 2.24) is 9.80 Å². The van der Waals surface area contributed by atoms with Gasteiger partial charge < -0.3 is 4.74 Å². The Morgan fingerprint density at radius 1 is 1.44 bits per heavy atom. The molecule has 2 aliphatic heterocycles. The number of ether oxygens (including phenoxy) is 1. The van der Waals surface area contributed by atoms with Gasteiger partial charge in [0, 0.05) is 31.7 Å². The van der Waals surface area contributed by atoms with Crippen LogP contribution in [0.15, 0.2) is 0 Å². The van der Waals surface area contributed by atoms with Gasteiger partial charge in [0.15, 0.2) is 0 Å². The van der Waals surface area contributed by atoms with Gasteiger partial charge in [0.1, 0.15) is 4.83 Å². The van der Waals surface area contributed by atoms with Crippen molar-refractivity contribution in [3.8, 4) is 0 Å². The molecule has 0 radical (unpaired) electrons. The summed E-state index contributed by atoms with van der Waals surface area (Å²) in [5.74, 6) is -0.173. The Kier molecular flexibility index (Phi) is 5.04. The molecule has 2 saturated heterocycles. The van der Waals surface area contributed by atoms with E-state index < -0.39 is 0 Å². The predicted molar refractivity (Wildman–Crippen MR) is 75.0 cm³/mol. The highest BCUT2D eigenvalue weighted by atomic mass is 79.9. The van der Waals surface area contributed by atoms with Gasteiger partial charge in [-0.05, 0) is 26.3 Å². The normalized spacial score (nSPS) is 31.7. The second-order valence-corrected chi connectivity index (χ2v) is 6.54. The highest BCUT2D eigenvalue weighted by Crippen LogP contribution is 2.24. The first kappa shape index (κ1) is 14.3. The van der Waals surface area contributed by atoms with Crippen LogP contribution in [0.5, 0.6) is 0 Å². The molecule has 3 unspecified atom stereocenters. The average Bonchev–Trinajstić information content (AvgIpc) is 2.38. The largest absolute Gasteiger partial charge is 0.468 e. The van der Waals surface area contributed by atoms with Gasteiger partial charge in [0.05, 0.1) is 7.11 Å². The molecule has 0 aromatic carbocycles. The molecule has 2 fully saturated rings. The van der Waals surface area contributed by atoms with Crippen LogP contribution in [0, 0.1) is 0 Å².